The summed E-state index contributed by atoms with van der Waals surface area (Å²) in [5, 5.41) is 2.28. The Bertz CT molecular complexity index is 1970. The molecule has 0 aliphatic heterocycles. The average molecular weight is 691 g/mol. The molecule has 0 aliphatic rings. The first-order chi connectivity index (χ1) is 19.6. The van der Waals surface area contributed by atoms with Gasteiger partial charge >= 0.3 is 0 Å². The second kappa shape index (κ2) is 10.4. The Morgan fingerprint density at radius 3 is 2.02 bits per heavy atom. The molecule has 0 fully saturated rings. The predicted molar refractivity (Wildman–Crippen MR) is 179 cm³/mol. The van der Waals surface area contributed by atoms with Crippen molar-refractivity contribution < 1.29 is 4.42 Å². The lowest BCUT2D eigenvalue weighted by molar-refractivity contribution is 0.670. The van der Waals surface area contributed by atoms with Crippen molar-refractivity contribution in [1.82, 2.24) is 0 Å². The molecule has 1 unspecified atom stereocenters. The van der Waals surface area contributed by atoms with E-state index >= 15 is 0 Å². The van der Waals surface area contributed by atoms with E-state index < -0.39 is 3.42 Å². The van der Waals surface area contributed by atoms with Gasteiger partial charge in [0.25, 0.3) is 0 Å². The third-order valence-electron chi connectivity index (χ3n) is 7.60. The van der Waals surface area contributed by atoms with Crippen LogP contribution in [0.1, 0.15) is 16.7 Å². The van der Waals surface area contributed by atoms with Gasteiger partial charge in [0.2, 0.25) is 0 Å². The number of benzene rings is 6. The molecule has 0 bridgehead atoms. The molecule has 6 aromatic carbocycles. The SMILES string of the molecule is Brc1ccc(C(I)(c2cccc(-c3cccc4c3oc3ccccc34)c2)c2ccccc2-c2ccccc2)cc1. The van der Waals surface area contributed by atoms with Gasteiger partial charge in [-0.3, -0.25) is 0 Å². The van der Waals surface area contributed by atoms with Gasteiger partial charge < -0.3 is 4.42 Å². The van der Waals surface area contributed by atoms with Crippen LogP contribution in [-0.4, -0.2) is 0 Å². The molecule has 1 atom stereocenters. The number of alkyl halides is 1. The minimum atomic E-state index is -0.442. The topological polar surface area (TPSA) is 13.1 Å². The number of hydrogen-bond acceptors (Lipinski definition) is 1. The zero-order chi connectivity index (χ0) is 27.1. The Labute approximate surface area is 255 Å². The number of halogens is 2. The molecule has 1 heterocycles. The van der Waals surface area contributed by atoms with E-state index in [9.17, 15) is 0 Å². The Morgan fingerprint density at radius 1 is 0.525 bits per heavy atom. The van der Waals surface area contributed by atoms with Crippen LogP contribution >= 0.6 is 38.5 Å². The number of furan rings is 1. The summed E-state index contributed by atoms with van der Waals surface area (Å²) in [6.07, 6.45) is 0. The zero-order valence-corrected chi connectivity index (χ0v) is 25.3. The van der Waals surface area contributed by atoms with Crippen molar-refractivity contribution >= 4 is 60.5 Å². The van der Waals surface area contributed by atoms with Gasteiger partial charge in [0.1, 0.15) is 11.2 Å². The minimum absolute atomic E-state index is 0.442. The second-order valence-corrected chi connectivity index (χ2v) is 12.5. The van der Waals surface area contributed by atoms with Gasteiger partial charge in [-0.05, 0) is 57.6 Å². The van der Waals surface area contributed by atoms with Crippen molar-refractivity contribution in [2.75, 3.05) is 0 Å². The first-order valence-corrected chi connectivity index (χ1v) is 15.1. The highest BCUT2D eigenvalue weighted by Gasteiger charge is 2.36. The molecule has 0 amide bonds. The molecule has 192 valence electrons. The van der Waals surface area contributed by atoms with Gasteiger partial charge in [-0.25, -0.2) is 0 Å². The lowest BCUT2D eigenvalue weighted by Crippen LogP contribution is -2.22. The minimum Gasteiger partial charge on any atom is -0.455 e. The van der Waals surface area contributed by atoms with Crippen molar-refractivity contribution in [3.8, 4) is 22.3 Å². The molecule has 3 heteroatoms. The maximum absolute atomic E-state index is 6.42. The summed E-state index contributed by atoms with van der Waals surface area (Å²) < 4.78 is 7.04. The number of fused-ring (bicyclic) bond motifs is 3. The van der Waals surface area contributed by atoms with Crippen molar-refractivity contribution in [2.24, 2.45) is 0 Å². The van der Waals surface area contributed by atoms with Gasteiger partial charge in [-0.15, -0.1) is 0 Å². The Hall–Kier alpha value is -3.67. The van der Waals surface area contributed by atoms with E-state index in [1.165, 1.54) is 27.8 Å². The van der Waals surface area contributed by atoms with Gasteiger partial charge in [-0.2, -0.15) is 0 Å². The normalized spacial score (nSPS) is 12.9. The largest absolute Gasteiger partial charge is 0.455 e. The Balaban J connectivity index is 1.47. The van der Waals surface area contributed by atoms with Crippen LogP contribution < -0.4 is 0 Å². The summed E-state index contributed by atoms with van der Waals surface area (Å²) in [5.41, 5.74) is 10.2. The summed E-state index contributed by atoms with van der Waals surface area (Å²) in [7, 11) is 0. The van der Waals surface area contributed by atoms with Crippen molar-refractivity contribution in [3.05, 3.63) is 167 Å². The Kier molecular flexibility index (Phi) is 6.57. The van der Waals surface area contributed by atoms with Crippen LogP contribution in [0.15, 0.2) is 154 Å². The summed E-state index contributed by atoms with van der Waals surface area (Å²) in [6.45, 7) is 0. The molecule has 0 N–H and O–H groups in total. The smallest absolute Gasteiger partial charge is 0.143 e. The summed E-state index contributed by atoms with van der Waals surface area (Å²) >= 11 is 6.31. The first kappa shape index (κ1) is 25.3. The molecular weight excluding hydrogens is 667 g/mol. The maximum atomic E-state index is 6.42. The van der Waals surface area contributed by atoms with Gasteiger partial charge in [-0.1, -0.05) is 160 Å². The molecule has 0 aliphatic carbocycles. The molecule has 7 aromatic rings. The number of hydrogen-bond donors (Lipinski definition) is 0. The molecule has 7 rings (SSSR count). The van der Waals surface area contributed by atoms with Crippen LogP contribution in [0, 0.1) is 0 Å². The van der Waals surface area contributed by atoms with Crippen molar-refractivity contribution in [2.45, 2.75) is 3.42 Å². The van der Waals surface area contributed by atoms with Crippen LogP contribution in [0.25, 0.3) is 44.2 Å². The van der Waals surface area contributed by atoms with E-state index in [0.29, 0.717) is 0 Å². The summed E-state index contributed by atoms with van der Waals surface area (Å²) in [6, 6.07) is 51.8. The van der Waals surface area contributed by atoms with Gasteiger partial charge in [0.15, 0.2) is 0 Å². The van der Waals surface area contributed by atoms with E-state index in [1.54, 1.807) is 0 Å². The zero-order valence-electron chi connectivity index (χ0n) is 21.5. The highest BCUT2D eigenvalue weighted by atomic mass is 127. The van der Waals surface area contributed by atoms with E-state index in [2.05, 4.69) is 172 Å². The fraction of sp³-hybridized carbons (Fsp3) is 0.0270. The third kappa shape index (κ3) is 4.29. The molecule has 0 saturated carbocycles. The van der Waals surface area contributed by atoms with Gasteiger partial charge in [0.05, 0.1) is 3.42 Å². The van der Waals surface area contributed by atoms with Crippen LogP contribution in [-0.2, 0) is 3.42 Å². The molecular formula is C37H24BrIO. The molecule has 0 spiro atoms. The summed E-state index contributed by atoms with van der Waals surface area (Å²) in [5.74, 6) is 0. The van der Waals surface area contributed by atoms with E-state index in [1.807, 2.05) is 12.1 Å². The van der Waals surface area contributed by atoms with Crippen LogP contribution in [0.3, 0.4) is 0 Å². The van der Waals surface area contributed by atoms with E-state index in [0.717, 1.165) is 37.5 Å². The fourth-order valence-electron chi connectivity index (χ4n) is 5.69. The van der Waals surface area contributed by atoms with E-state index in [4.69, 9.17) is 4.42 Å². The van der Waals surface area contributed by atoms with Crippen LogP contribution in [0.5, 0.6) is 0 Å². The van der Waals surface area contributed by atoms with Crippen molar-refractivity contribution in [3.63, 3.8) is 0 Å². The van der Waals surface area contributed by atoms with E-state index in [-0.39, 0.29) is 0 Å². The highest BCUT2D eigenvalue weighted by molar-refractivity contribution is 14.1. The van der Waals surface area contributed by atoms with Gasteiger partial charge in [0, 0.05) is 20.8 Å². The summed E-state index contributed by atoms with van der Waals surface area (Å²) in [4.78, 5) is 0. The lowest BCUT2D eigenvalue weighted by Gasteiger charge is -2.32. The standard InChI is InChI=1S/C37H24BrIO/c38-29-22-20-27(21-23-29)37(39,34-18-6-4-14-30(34)25-10-2-1-3-11-25)28-13-8-12-26(24-28)31-16-9-17-33-32-15-5-7-19-35(32)40-36(31)33/h1-24H. The van der Waals surface area contributed by atoms with Crippen LogP contribution in [0.4, 0.5) is 0 Å². The quantitative estimate of drug-likeness (QED) is 0.0995. The second-order valence-electron chi connectivity index (χ2n) is 9.94. The molecule has 1 nitrogen and oxygen atoms in total. The number of para-hydroxylation sites is 2. The van der Waals surface area contributed by atoms with Crippen LogP contribution in [0.2, 0.25) is 0 Å². The maximum Gasteiger partial charge on any atom is 0.143 e. The Morgan fingerprint density at radius 2 is 1.18 bits per heavy atom. The molecule has 1 aromatic heterocycles. The number of rotatable bonds is 5. The molecule has 0 saturated heterocycles. The fourth-order valence-corrected chi connectivity index (χ4v) is 7.12. The highest BCUT2D eigenvalue weighted by Crippen LogP contribution is 2.50. The third-order valence-corrected chi connectivity index (χ3v) is 9.96. The molecule has 0 radical (unpaired) electrons. The predicted octanol–water partition coefficient (Wildman–Crippen LogP) is 11.4. The first-order valence-electron chi connectivity index (χ1n) is 13.2. The average Bonchev–Trinajstić information content (AvgIpc) is 3.40. The lowest BCUT2D eigenvalue weighted by atomic mass is 9.80. The monoisotopic (exact) mass is 690 g/mol. The van der Waals surface area contributed by atoms with Crippen molar-refractivity contribution in [1.29, 1.82) is 0 Å². The molecule has 40 heavy (non-hydrogen) atoms.